The Morgan fingerprint density at radius 1 is 1.33 bits per heavy atom. The van der Waals surface area contributed by atoms with Crippen LogP contribution in [0.2, 0.25) is 0 Å². The van der Waals surface area contributed by atoms with Gasteiger partial charge in [0, 0.05) is 13.0 Å². The molecule has 1 aliphatic rings. The molecule has 0 saturated heterocycles. The second kappa shape index (κ2) is 5.60. The molecule has 0 bridgehead atoms. The Morgan fingerprint density at radius 2 is 2.10 bits per heavy atom. The highest BCUT2D eigenvalue weighted by Gasteiger charge is 2.28. The zero-order valence-electron chi connectivity index (χ0n) is 11.8. The number of nitrogens with zero attached hydrogens (tertiary/aromatic N) is 2. The van der Waals surface area contributed by atoms with Gasteiger partial charge in [0.15, 0.2) is 0 Å². The number of anilines is 1. The fraction of sp³-hybridized carbons (Fsp3) is 0.333. The minimum Gasteiger partial charge on any atom is -0.439 e. The molecule has 3 rings (SSSR count). The molecular formula is C15H15BrFN3O. The molecule has 1 aromatic carbocycles. The summed E-state index contributed by atoms with van der Waals surface area (Å²) in [5.74, 6) is 2.73. The summed E-state index contributed by atoms with van der Waals surface area (Å²) in [5.41, 5.74) is 0.836. The Hall–Kier alpha value is -1.69. The third-order valence-corrected chi connectivity index (χ3v) is 4.01. The first-order chi connectivity index (χ1) is 10.1. The topological polar surface area (TPSA) is 47.0 Å². The molecular weight excluding hydrogens is 337 g/mol. The Kier molecular flexibility index (Phi) is 3.80. The summed E-state index contributed by atoms with van der Waals surface area (Å²) >= 11 is 3.15. The molecule has 6 heteroatoms. The quantitative estimate of drug-likeness (QED) is 0.886. The zero-order valence-corrected chi connectivity index (χ0v) is 13.4. The molecule has 21 heavy (non-hydrogen) atoms. The van der Waals surface area contributed by atoms with Crippen molar-refractivity contribution in [2.45, 2.75) is 25.7 Å². The summed E-state index contributed by atoms with van der Waals surface area (Å²) in [6.45, 7) is 1.90. The largest absolute Gasteiger partial charge is 0.439 e. The molecule has 1 heterocycles. The monoisotopic (exact) mass is 351 g/mol. The van der Waals surface area contributed by atoms with E-state index in [-0.39, 0.29) is 5.82 Å². The van der Waals surface area contributed by atoms with Gasteiger partial charge < -0.3 is 10.1 Å². The van der Waals surface area contributed by atoms with Crippen LogP contribution in [0.25, 0.3) is 0 Å². The molecule has 1 saturated carbocycles. The van der Waals surface area contributed by atoms with E-state index in [9.17, 15) is 4.39 Å². The molecule has 0 radical (unpaired) electrons. The molecule has 1 aromatic heterocycles. The lowest BCUT2D eigenvalue weighted by Gasteiger charge is -2.13. The molecule has 1 N–H and O–H groups in total. The van der Waals surface area contributed by atoms with Gasteiger partial charge in [-0.1, -0.05) is 0 Å². The van der Waals surface area contributed by atoms with Gasteiger partial charge in [-0.25, -0.2) is 9.37 Å². The first-order valence-electron chi connectivity index (χ1n) is 6.77. The van der Waals surface area contributed by atoms with Gasteiger partial charge in [0.2, 0.25) is 5.88 Å². The van der Waals surface area contributed by atoms with Crippen molar-refractivity contribution < 1.29 is 9.13 Å². The molecule has 0 aliphatic heterocycles. The molecule has 110 valence electrons. The van der Waals surface area contributed by atoms with Gasteiger partial charge in [0.1, 0.15) is 23.2 Å². The van der Waals surface area contributed by atoms with E-state index >= 15 is 0 Å². The Morgan fingerprint density at radius 3 is 2.71 bits per heavy atom. The number of rotatable bonds is 4. The summed E-state index contributed by atoms with van der Waals surface area (Å²) in [4.78, 5) is 9.02. The van der Waals surface area contributed by atoms with Crippen LogP contribution in [-0.2, 0) is 0 Å². The van der Waals surface area contributed by atoms with Crippen LogP contribution in [-0.4, -0.2) is 17.0 Å². The highest BCUT2D eigenvalue weighted by molar-refractivity contribution is 9.10. The molecule has 0 atom stereocenters. The van der Waals surface area contributed by atoms with Crippen LogP contribution in [0.1, 0.15) is 30.1 Å². The molecule has 2 aromatic rings. The van der Waals surface area contributed by atoms with Crippen LogP contribution in [0, 0.1) is 12.7 Å². The van der Waals surface area contributed by atoms with E-state index in [0.29, 0.717) is 22.0 Å². The third-order valence-electron chi connectivity index (χ3n) is 3.40. The van der Waals surface area contributed by atoms with Gasteiger partial charge in [0.05, 0.1) is 10.0 Å². The Bertz CT molecular complexity index is 689. The number of aromatic nitrogens is 2. The second-order valence-corrected chi connectivity index (χ2v) is 5.92. The highest BCUT2D eigenvalue weighted by atomic mass is 79.9. The van der Waals surface area contributed by atoms with Crippen LogP contribution < -0.4 is 10.1 Å². The van der Waals surface area contributed by atoms with Gasteiger partial charge >= 0.3 is 0 Å². The van der Waals surface area contributed by atoms with Crippen LogP contribution in [0.15, 0.2) is 22.7 Å². The summed E-state index contributed by atoms with van der Waals surface area (Å²) in [5, 5.41) is 3.06. The van der Waals surface area contributed by atoms with Crippen molar-refractivity contribution in [3.63, 3.8) is 0 Å². The summed E-state index contributed by atoms with van der Waals surface area (Å²) in [6, 6.07) is 4.53. The smallest absolute Gasteiger partial charge is 0.227 e. The Labute approximate surface area is 130 Å². The predicted molar refractivity (Wildman–Crippen MR) is 82.5 cm³/mol. The van der Waals surface area contributed by atoms with E-state index in [1.165, 1.54) is 6.07 Å². The van der Waals surface area contributed by atoms with Crippen LogP contribution in [0.4, 0.5) is 10.2 Å². The number of nitrogens with one attached hydrogen (secondary N) is 1. The van der Waals surface area contributed by atoms with Crippen LogP contribution >= 0.6 is 15.9 Å². The maximum atomic E-state index is 13.3. The summed E-state index contributed by atoms with van der Waals surface area (Å²) in [7, 11) is 1.82. The van der Waals surface area contributed by atoms with E-state index in [2.05, 4.69) is 31.2 Å². The maximum Gasteiger partial charge on any atom is 0.227 e. The lowest BCUT2D eigenvalue weighted by Crippen LogP contribution is -2.04. The molecule has 4 nitrogen and oxygen atoms in total. The molecule has 1 fully saturated rings. The van der Waals surface area contributed by atoms with Crippen molar-refractivity contribution in [3.8, 4) is 11.6 Å². The van der Waals surface area contributed by atoms with Crippen molar-refractivity contribution in [3.05, 3.63) is 39.9 Å². The average molecular weight is 352 g/mol. The third kappa shape index (κ3) is 3.00. The maximum absolute atomic E-state index is 13.3. The first kappa shape index (κ1) is 14.3. The molecule has 1 aliphatic carbocycles. The number of halogens is 2. The standard InChI is InChI=1S/C15H15BrFN3O/c1-8-13(18-2)19-14(9-3-4-9)20-15(8)21-10-5-6-12(17)11(16)7-10/h5-7,9H,3-4H2,1-2H3,(H,18,19,20). The SMILES string of the molecule is CNc1nc(C2CC2)nc(Oc2ccc(F)c(Br)c2)c1C. The minimum absolute atomic E-state index is 0.323. The van der Waals surface area contributed by atoms with E-state index in [4.69, 9.17) is 4.74 Å². The van der Waals surface area contributed by atoms with Gasteiger partial charge in [0.25, 0.3) is 0 Å². The number of hydrogen-bond donors (Lipinski definition) is 1. The van der Waals surface area contributed by atoms with Gasteiger partial charge in [-0.2, -0.15) is 4.98 Å². The lowest BCUT2D eigenvalue weighted by molar-refractivity contribution is 0.452. The van der Waals surface area contributed by atoms with Crippen molar-refractivity contribution in [2.75, 3.05) is 12.4 Å². The highest BCUT2D eigenvalue weighted by Crippen LogP contribution is 2.40. The van der Waals surface area contributed by atoms with Crippen LogP contribution in [0.3, 0.4) is 0 Å². The normalized spacial score (nSPS) is 14.1. The van der Waals surface area contributed by atoms with E-state index in [1.54, 1.807) is 12.1 Å². The van der Waals surface area contributed by atoms with Crippen molar-refractivity contribution >= 4 is 21.7 Å². The van der Waals surface area contributed by atoms with Crippen molar-refractivity contribution in [1.29, 1.82) is 0 Å². The summed E-state index contributed by atoms with van der Waals surface area (Å²) in [6.07, 6.45) is 2.24. The minimum atomic E-state index is -0.323. The molecule has 0 amide bonds. The van der Waals surface area contributed by atoms with Crippen LogP contribution in [0.5, 0.6) is 11.6 Å². The summed E-state index contributed by atoms with van der Waals surface area (Å²) < 4.78 is 19.5. The van der Waals surface area contributed by atoms with E-state index < -0.39 is 0 Å². The van der Waals surface area contributed by atoms with Gasteiger partial charge in [-0.15, -0.1) is 0 Å². The fourth-order valence-electron chi connectivity index (χ4n) is 2.03. The van der Waals surface area contributed by atoms with E-state index in [1.807, 2.05) is 14.0 Å². The molecule has 0 spiro atoms. The van der Waals surface area contributed by atoms with Crippen molar-refractivity contribution in [2.24, 2.45) is 0 Å². The number of benzene rings is 1. The predicted octanol–water partition coefficient (Wildman–Crippen LogP) is 4.40. The lowest BCUT2D eigenvalue weighted by atomic mass is 10.3. The molecule has 0 unspecified atom stereocenters. The number of hydrogen-bond acceptors (Lipinski definition) is 4. The fourth-order valence-corrected chi connectivity index (χ4v) is 2.39. The average Bonchev–Trinajstić information content (AvgIpc) is 3.29. The Balaban J connectivity index is 1.96. The zero-order chi connectivity index (χ0) is 15.0. The number of ether oxygens (including phenoxy) is 1. The van der Waals surface area contributed by atoms with E-state index in [0.717, 1.165) is 30.0 Å². The van der Waals surface area contributed by atoms with Gasteiger partial charge in [-0.05, 0) is 53.9 Å². The van der Waals surface area contributed by atoms with Crippen molar-refractivity contribution in [1.82, 2.24) is 9.97 Å². The van der Waals surface area contributed by atoms with Gasteiger partial charge in [-0.3, -0.25) is 0 Å². The first-order valence-corrected chi connectivity index (χ1v) is 7.57. The second-order valence-electron chi connectivity index (χ2n) is 5.06.